The molecule has 9 heteroatoms. The molecule has 0 saturated carbocycles. The zero-order chi connectivity index (χ0) is 14.3. The molecule has 19 heavy (non-hydrogen) atoms. The van der Waals surface area contributed by atoms with Crippen molar-refractivity contribution in [3.63, 3.8) is 0 Å². The molecule has 1 aromatic carbocycles. The van der Waals surface area contributed by atoms with E-state index in [0.29, 0.717) is 5.75 Å². The second-order valence-electron chi connectivity index (χ2n) is 3.37. The maximum atomic E-state index is 12.1. The van der Waals surface area contributed by atoms with Crippen molar-refractivity contribution >= 4 is 10.0 Å². The Morgan fingerprint density at radius 2 is 2.11 bits per heavy atom. The van der Waals surface area contributed by atoms with Crippen LogP contribution >= 0.6 is 0 Å². The van der Waals surface area contributed by atoms with Crippen LogP contribution in [0.15, 0.2) is 28.2 Å². The van der Waals surface area contributed by atoms with Gasteiger partial charge in [0.15, 0.2) is 0 Å². The van der Waals surface area contributed by atoms with Crippen LogP contribution in [0, 0.1) is 0 Å². The fourth-order valence-corrected chi connectivity index (χ4v) is 2.55. The Hall–Kier alpha value is -1.96. The Balaban J connectivity index is 3.01. The maximum Gasteiger partial charge on any atom is 0.244 e. The number of nitrogens with zero attached hydrogens (tertiary/aromatic N) is 3. The molecule has 0 aromatic heterocycles. The number of azide groups is 1. The summed E-state index contributed by atoms with van der Waals surface area (Å²) in [6, 6.07) is 4.45. The molecule has 1 aromatic rings. The summed E-state index contributed by atoms with van der Waals surface area (Å²) in [5.41, 5.74) is 8.11. The highest BCUT2D eigenvalue weighted by molar-refractivity contribution is 7.89. The average molecular weight is 286 g/mol. The predicted octanol–water partition coefficient (Wildman–Crippen LogP) is 1.29. The van der Waals surface area contributed by atoms with Crippen LogP contribution in [0.25, 0.3) is 10.4 Å². The van der Waals surface area contributed by atoms with E-state index in [0.717, 1.165) is 0 Å². The van der Waals surface area contributed by atoms with Crippen LogP contribution in [0.5, 0.6) is 11.5 Å². The molecule has 104 valence electrons. The number of benzene rings is 1. The summed E-state index contributed by atoms with van der Waals surface area (Å²) in [6.07, 6.45) is 0. The summed E-state index contributed by atoms with van der Waals surface area (Å²) in [6.45, 7) is 0.0365. The van der Waals surface area contributed by atoms with Crippen molar-refractivity contribution in [3.8, 4) is 11.5 Å². The van der Waals surface area contributed by atoms with Crippen molar-refractivity contribution in [2.24, 2.45) is 5.11 Å². The molecule has 0 unspecified atom stereocenters. The number of rotatable bonds is 7. The minimum Gasteiger partial charge on any atom is -0.497 e. The van der Waals surface area contributed by atoms with Gasteiger partial charge in [-0.25, -0.2) is 13.1 Å². The van der Waals surface area contributed by atoms with Crippen molar-refractivity contribution in [2.75, 3.05) is 27.3 Å². The van der Waals surface area contributed by atoms with E-state index in [-0.39, 0.29) is 23.7 Å². The van der Waals surface area contributed by atoms with E-state index in [2.05, 4.69) is 14.7 Å². The molecule has 0 fully saturated rings. The monoisotopic (exact) mass is 286 g/mol. The van der Waals surface area contributed by atoms with Gasteiger partial charge in [0.25, 0.3) is 0 Å². The third-order valence-corrected chi connectivity index (χ3v) is 3.71. The molecule has 0 bridgehead atoms. The first-order chi connectivity index (χ1) is 9.05. The Morgan fingerprint density at radius 3 is 2.68 bits per heavy atom. The van der Waals surface area contributed by atoms with Crippen molar-refractivity contribution in [2.45, 2.75) is 4.90 Å². The summed E-state index contributed by atoms with van der Waals surface area (Å²) >= 11 is 0. The van der Waals surface area contributed by atoms with Crippen molar-refractivity contribution in [3.05, 3.63) is 28.6 Å². The molecule has 0 saturated heterocycles. The van der Waals surface area contributed by atoms with E-state index < -0.39 is 10.0 Å². The van der Waals surface area contributed by atoms with Crippen molar-refractivity contribution in [1.29, 1.82) is 0 Å². The summed E-state index contributed by atoms with van der Waals surface area (Å²) in [5.74, 6) is 0.605. The second kappa shape index (κ2) is 6.83. The Kier molecular flexibility index (Phi) is 5.43. The molecule has 1 rings (SSSR count). The van der Waals surface area contributed by atoms with Gasteiger partial charge in [0.2, 0.25) is 10.0 Å². The molecule has 0 aliphatic heterocycles. The first-order valence-corrected chi connectivity index (χ1v) is 6.76. The fourth-order valence-electron chi connectivity index (χ4n) is 1.35. The largest absolute Gasteiger partial charge is 0.497 e. The lowest BCUT2D eigenvalue weighted by molar-refractivity contribution is 0.392. The number of nitrogens with one attached hydrogen (secondary N) is 1. The summed E-state index contributed by atoms with van der Waals surface area (Å²) in [5, 5.41) is 3.24. The van der Waals surface area contributed by atoms with Gasteiger partial charge in [-0.1, -0.05) is 5.11 Å². The first kappa shape index (κ1) is 15.1. The van der Waals surface area contributed by atoms with Gasteiger partial charge >= 0.3 is 0 Å². The zero-order valence-electron chi connectivity index (χ0n) is 10.5. The second-order valence-corrected chi connectivity index (χ2v) is 5.10. The van der Waals surface area contributed by atoms with Gasteiger partial charge in [-0.15, -0.1) is 0 Å². The standard InChI is InChI=1S/C10H14N4O4S/c1-17-8-3-4-9(18-2)10(7-8)19(15,16)13-6-5-12-14-11/h3-4,7,13H,5-6H2,1-2H3. The summed E-state index contributed by atoms with van der Waals surface area (Å²) in [4.78, 5) is 2.50. The van der Waals surface area contributed by atoms with Gasteiger partial charge in [-0.3, -0.25) is 0 Å². The SMILES string of the molecule is COc1ccc(OC)c(S(=O)(=O)NCCN=[N+]=[N-])c1. The smallest absolute Gasteiger partial charge is 0.244 e. The first-order valence-electron chi connectivity index (χ1n) is 5.27. The van der Waals surface area contributed by atoms with Crippen LogP contribution in [0.2, 0.25) is 0 Å². The van der Waals surface area contributed by atoms with E-state index >= 15 is 0 Å². The minimum absolute atomic E-state index is 0.00670. The van der Waals surface area contributed by atoms with Gasteiger partial charge in [-0.2, -0.15) is 0 Å². The van der Waals surface area contributed by atoms with Crippen LogP contribution in [-0.2, 0) is 10.0 Å². The lowest BCUT2D eigenvalue weighted by atomic mass is 10.3. The Morgan fingerprint density at radius 1 is 1.37 bits per heavy atom. The molecule has 0 amide bonds. The normalized spacial score (nSPS) is 10.6. The van der Waals surface area contributed by atoms with Crippen LogP contribution < -0.4 is 14.2 Å². The molecule has 1 N–H and O–H groups in total. The average Bonchev–Trinajstić information content (AvgIpc) is 2.43. The number of ether oxygens (including phenoxy) is 2. The predicted molar refractivity (Wildman–Crippen MR) is 68.7 cm³/mol. The summed E-state index contributed by atoms with van der Waals surface area (Å²) in [7, 11) is -0.941. The van der Waals surface area contributed by atoms with E-state index in [1.807, 2.05) is 0 Å². The molecule has 0 atom stereocenters. The van der Waals surface area contributed by atoms with Crippen molar-refractivity contribution < 1.29 is 17.9 Å². The van der Waals surface area contributed by atoms with Crippen LogP contribution in [0.4, 0.5) is 0 Å². The molecular formula is C10H14N4O4S. The third kappa shape index (κ3) is 4.02. The number of hydrogen-bond acceptors (Lipinski definition) is 5. The van der Waals surface area contributed by atoms with Gasteiger partial charge in [0, 0.05) is 24.1 Å². The quantitative estimate of drug-likeness (QED) is 0.352. The minimum atomic E-state index is -3.75. The molecule has 0 heterocycles. The van der Waals surface area contributed by atoms with Gasteiger partial charge in [0.1, 0.15) is 16.4 Å². The van der Waals surface area contributed by atoms with E-state index in [4.69, 9.17) is 15.0 Å². The van der Waals surface area contributed by atoms with Gasteiger partial charge in [0.05, 0.1) is 14.2 Å². The zero-order valence-corrected chi connectivity index (χ0v) is 11.3. The maximum absolute atomic E-state index is 12.1. The summed E-state index contributed by atoms with van der Waals surface area (Å²) < 4.78 is 36.4. The molecule has 8 nitrogen and oxygen atoms in total. The van der Waals surface area contributed by atoms with Crippen LogP contribution in [0.1, 0.15) is 0 Å². The number of sulfonamides is 1. The van der Waals surface area contributed by atoms with Crippen LogP contribution in [-0.4, -0.2) is 35.7 Å². The third-order valence-electron chi connectivity index (χ3n) is 2.23. The highest BCUT2D eigenvalue weighted by Crippen LogP contribution is 2.27. The molecule has 0 spiro atoms. The lowest BCUT2D eigenvalue weighted by Gasteiger charge is -2.11. The van der Waals surface area contributed by atoms with Gasteiger partial charge in [-0.05, 0) is 17.7 Å². The van der Waals surface area contributed by atoms with Crippen LogP contribution in [0.3, 0.4) is 0 Å². The number of methoxy groups -OCH3 is 2. The van der Waals surface area contributed by atoms with Gasteiger partial charge < -0.3 is 9.47 Å². The van der Waals surface area contributed by atoms with Crippen molar-refractivity contribution in [1.82, 2.24) is 4.72 Å². The fraction of sp³-hybridized carbons (Fsp3) is 0.400. The Bertz CT molecular complexity index is 581. The lowest BCUT2D eigenvalue weighted by Crippen LogP contribution is -2.26. The highest BCUT2D eigenvalue weighted by atomic mass is 32.2. The van der Waals surface area contributed by atoms with E-state index in [1.54, 1.807) is 6.07 Å². The molecular weight excluding hydrogens is 272 g/mol. The highest BCUT2D eigenvalue weighted by Gasteiger charge is 2.19. The molecule has 0 aliphatic rings. The topological polar surface area (TPSA) is 113 Å². The Labute approximate surface area is 111 Å². The number of hydrogen-bond donors (Lipinski definition) is 1. The molecule has 0 aliphatic carbocycles. The van der Waals surface area contributed by atoms with E-state index in [1.165, 1.54) is 26.4 Å². The molecule has 0 radical (unpaired) electrons. The van der Waals surface area contributed by atoms with E-state index in [9.17, 15) is 8.42 Å².